The van der Waals surface area contributed by atoms with Gasteiger partial charge in [-0.25, -0.2) is 0 Å². The molecule has 18 heavy (non-hydrogen) atoms. The molecule has 0 aromatic carbocycles. The highest BCUT2D eigenvalue weighted by molar-refractivity contribution is 5.19. The van der Waals surface area contributed by atoms with E-state index in [1.165, 1.54) is 30.5 Å². The number of pyridine rings is 1. The Hall–Kier alpha value is -0.890. The first kappa shape index (κ1) is 13.5. The number of aryl methyl sites for hydroxylation is 1. The van der Waals surface area contributed by atoms with Crippen LogP contribution in [0.4, 0.5) is 0 Å². The maximum atomic E-state index is 4.52. The van der Waals surface area contributed by atoms with Crippen LogP contribution in [0.3, 0.4) is 0 Å². The first-order valence-electron chi connectivity index (χ1n) is 7.38. The fourth-order valence-corrected chi connectivity index (χ4v) is 3.25. The van der Waals surface area contributed by atoms with Crippen LogP contribution in [0, 0.1) is 11.8 Å². The van der Waals surface area contributed by atoms with Crippen LogP contribution in [0.5, 0.6) is 0 Å². The largest absolute Gasteiger partial charge is 0.308 e. The number of hydrogen-bond acceptors (Lipinski definition) is 2. The second kappa shape index (κ2) is 6.33. The van der Waals surface area contributed by atoms with Gasteiger partial charge in [-0.15, -0.1) is 0 Å². The van der Waals surface area contributed by atoms with Crippen molar-refractivity contribution in [1.29, 1.82) is 0 Å². The predicted molar refractivity (Wildman–Crippen MR) is 76.4 cm³/mol. The SMILES string of the molecule is CCc1cccnc1CNC1C(C)CCCC1C. The molecule has 0 bridgehead atoms. The summed E-state index contributed by atoms with van der Waals surface area (Å²) < 4.78 is 0. The van der Waals surface area contributed by atoms with Crippen molar-refractivity contribution in [2.45, 2.75) is 59.0 Å². The van der Waals surface area contributed by atoms with Gasteiger partial charge >= 0.3 is 0 Å². The third kappa shape index (κ3) is 3.11. The Morgan fingerprint density at radius 2 is 2.00 bits per heavy atom. The quantitative estimate of drug-likeness (QED) is 0.878. The van der Waals surface area contributed by atoms with Gasteiger partial charge in [0.05, 0.1) is 5.69 Å². The van der Waals surface area contributed by atoms with Gasteiger partial charge in [0.25, 0.3) is 0 Å². The van der Waals surface area contributed by atoms with Crippen molar-refractivity contribution in [1.82, 2.24) is 10.3 Å². The summed E-state index contributed by atoms with van der Waals surface area (Å²) in [5, 5.41) is 3.75. The second-order valence-corrected chi connectivity index (χ2v) is 5.75. The average molecular weight is 246 g/mol. The molecule has 1 aliphatic rings. The van der Waals surface area contributed by atoms with Gasteiger partial charge in [0, 0.05) is 18.8 Å². The normalized spacial score (nSPS) is 28.3. The minimum absolute atomic E-state index is 0.658. The zero-order valence-electron chi connectivity index (χ0n) is 11.9. The molecule has 0 saturated heterocycles. The maximum Gasteiger partial charge on any atom is 0.0573 e. The summed E-state index contributed by atoms with van der Waals surface area (Å²) in [7, 11) is 0. The molecule has 100 valence electrons. The molecule has 0 spiro atoms. The molecule has 1 aromatic heterocycles. The second-order valence-electron chi connectivity index (χ2n) is 5.75. The Morgan fingerprint density at radius 1 is 1.28 bits per heavy atom. The van der Waals surface area contributed by atoms with Crippen molar-refractivity contribution in [2.75, 3.05) is 0 Å². The van der Waals surface area contributed by atoms with Crippen LogP contribution < -0.4 is 5.32 Å². The number of aromatic nitrogens is 1. The lowest BCUT2D eigenvalue weighted by Gasteiger charge is -2.35. The maximum absolute atomic E-state index is 4.52. The highest BCUT2D eigenvalue weighted by atomic mass is 14.9. The fraction of sp³-hybridized carbons (Fsp3) is 0.688. The standard InChI is InChI=1S/C16H26N2/c1-4-14-9-6-10-17-15(14)11-18-16-12(2)7-5-8-13(16)3/h6,9-10,12-13,16,18H,4-5,7-8,11H2,1-3H3. The van der Waals surface area contributed by atoms with Crippen molar-refractivity contribution in [3.8, 4) is 0 Å². The smallest absolute Gasteiger partial charge is 0.0573 e. The lowest BCUT2D eigenvalue weighted by atomic mass is 9.78. The van der Waals surface area contributed by atoms with Crippen molar-refractivity contribution in [3.05, 3.63) is 29.6 Å². The molecule has 1 aromatic rings. The van der Waals surface area contributed by atoms with Gasteiger partial charge in [-0.05, 0) is 42.7 Å². The molecular formula is C16H26N2. The van der Waals surface area contributed by atoms with Crippen molar-refractivity contribution >= 4 is 0 Å². The molecule has 2 rings (SSSR count). The van der Waals surface area contributed by atoms with E-state index in [0.29, 0.717) is 6.04 Å². The minimum atomic E-state index is 0.658. The van der Waals surface area contributed by atoms with Gasteiger partial charge in [0.1, 0.15) is 0 Å². The van der Waals surface area contributed by atoms with Gasteiger partial charge < -0.3 is 5.32 Å². The molecule has 1 heterocycles. The first-order chi connectivity index (χ1) is 8.72. The van der Waals surface area contributed by atoms with Crippen LogP contribution >= 0.6 is 0 Å². The molecule has 0 aliphatic heterocycles. The summed E-state index contributed by atoms with van der Waals surface area (Å²) in [4.78, 5) is 4.52. The van der Waals surface area contributed by atoms with Gasteiger partial charge in [0.2, 0.25) is 0 Å². The Kier molecular flexibility index (Phi) is 4.76. The monoisotopic (exact) mass is 246 g/mol. The van der Waals surface area contributed by atoms with E-state index in [-0.39, 0.29) is 0 Å². The molecule has 1 N–H and O–H groups in total. The number of rotatable bonds is 4. The molecule has 1 saturated carbocycles. The van der Waals surface area contributed by atoms with Gasteiger partial charge in [-0.3, -0.25) is 4.98 Å². The van der Waals surface area contributed by atoms with Crippen molar-refractivity contribution < 1.29 is 0 Å². The number of hydrogen-bond donors (Lipinski definition) is 1. The van der Waals surface area contributed by atoms with Crippen LogP contribution in [-0.2, 0) is 13.0 Å². The molecule has 1 aliphatic carbocycles. The van der Waals surface area contributed by atoms with E-state index in [1.807, 2.05) is 12.3 Å². The summed E-state index contributed by atoms with van der Waals surface area (Å²) in [6.07, 6.45) is 7.10. The van der Waals surface area contributed by atoms with Crippen molar-refractivity contribution in [3.63, 3.8) is 0 Å². The zero-order chi connectivity index (χ0) is 13.0. The van der Waals surface area contributed by atoms with Crippen LogP contribution in [0.2, 0.25) is 0 Å². The fourth-order valence-electron chi connectivity index (χ4n) is 3.25. The molecular weight excluding hydrogens is 220 g/mol. The van der Waals surface area contributed by atoms with E-state index >= 15 is 0 Å². The van der Waals surface area contributed by atoms with Crippen LogP contribution in [-0.4, -0.2) is 11.0 Å². The summed E-state index contributed by atoms with van der Waals surface area (Å²) in [6, 6.07) is 4.89. The summed E-state index contributed by atoms with van der Waals surface area (Å²) in [5.41, 5.74) is 2.60. The van der Waals surface area contributed by atoms with E-state index < -0.39 is 0 Å². The Bertz CT molecular complexity index is 365. The molecule has 2 unspecified atom stereocenters. The van der Waals surface area contributed by atoms with Gasteiger partial charge in [0.15, 0.2) is 0 Å². The van der Waals surface area contributed by atoms with E-state index in [9.17, 15) is 0 Å². The topological polar surface area (TPSA) is 24.9 Å². The number of nitrogens with one attached hydrogen (secondary N) is 1. The lowest BCUT2D eigenvalue weighted by molar-refractivity contribution is 0.207. The number of nitrogens with zero attached hydrogens (tertiary/aromatic N) is 1. The average Bonchev–Trinajstić information content (AvgIpc) is 2.38. The minimum Gasteiger partial charge on any atom is -0.308 e. The van der Waals surface area contributed by atoms with E-state index in [0.717, 1.165) is 24.8 Å². The molecule has 0 amide bonds. The van der Waals surface area contributed by atoms with Gasteiger partial charge in [-0.2, -0.15) is 0 Å². The Labute approximate surface area is 111 Å². The van der Waals surface area contributed by atoms with Crippen molar-refractivity contribution in [2.24, 2.45) is 11.8 Å². The molecule has 1 fully saturated rings. The van der Waals surface area contributed by atoms with Gasteiger partial charge in [-0.1, -0.05) is 33.3 Å². The third-order valence-corrected chi connectivity index (χ3v) is 4.42. The van der Waals surface area contributed by atoms with E-state index in [4.69, 9.17) is 0 Å². The van der Waals surface area contributed by atoms with Crippen LogP contribution in [0.1, 0.15) is 51.3 Å². The van der Waals surface area contributed by atoms with E-state index in [1.54, 1.807) is 0 Å². The lowest BCUT2D eigenvalue weighted by Crippen LogP contribution is -2.42. The Morgan fingerprint density at radius 3 is 2.67 bits per heavy atom. The first-order valence-corrected chi connectivity index (χ1v) is 7.38. The molecule has 2 heteroatoms. The van der Waals surface area contributed by atoms with E-state index in [2.05, 4.69) is 37.1 Å². The van der Waals surface area contributed by atoms with Crippen LogP contribution in [0.25, 0.3) is 0 Å². The van der Waals surface area contributed by atoms with Crippen LogP contribution in [0.15, 0.2) is 18.3 Å². The zero-order valence-corrected chi connectivity index (χ0v) is 11.9. The summed E-state index contributed by atoms with van der Waals surface area (Å²) in [6.45, 7) is 7.88. The highest BCUT2D eigenvalue weighted by Gasteiger charge is 2.27. The Balaban J connectivity index is 1.97. The molecule has 2 atom stereocenters. The molecule has 0 radical (unpaired) electrons. The highest BCUT2D eigenvalue weighted by Crippen LogP contribution is 2.29. The summed E-state index contributed by atoms with van der Waals surface area (Å²) >= 11 is 0. The summed E-state index contributed by atoms with van der Waals surface area (Å²) in [5.74, 6) is 1.59. The third-order valence-electron chi connectivity index (χ3n) is 4.42. The molecule has 2 nitrogen and oxygen atoms in total. The predicted octanol–water partition coefficient (Wildman–Crippen LogP) is 3.56.